The van der Waals surface area contributed by atoms with E-state index in [2.05, 4.69) is 10.2 Å². The predicted molar refractivity (Wildman–Crippen MR) is 120 cm³/mol. The Morgan fingerprint density at radius 1 is 1.19 bits per heavy atom. The number of imide groups is 1. The minimum Gasteiger partial charge on any atom is -0.469 e. The van der Waals surface area contributed by atoms with Gasteiger partial charge in [0.25, 0.3) is 5.91 Å². The molecule has 0 bridgehead atoms. The van der Waals surface area contributed by atoms with Gasteiger partial charge in [-0.3, -0.25) is 9.59 Å². The molecule has 0 radical (unpaired) electrons. The molecule has 2 aromatic rings. The smallest absolute Gasteiger partial charge is 0.421 e. The Morgan fingerprint density at radius 3 is 2.62 bits per heavy atom. The average Bonchev–Trinajstić information content (AvgIpc) is 3.07. The summed E-state index contributed by atoms with van der Waals surface area (Å²) in [6, 6.07) is 15.6. The van der Waals surface area contributed by atoms with Crippen LogP contribution in [-0.2, 0) is 31.1 Å². The average molecular weight is 449 g/mol. The molecule has 7 nitrogen and oxygen atoms in total. The number of carbonyl (C=O) groups is 3. The van der Waals surface area contributed by atoms with Gasteiger partial charge in [0.1, 0.15) is 12.0 Å². The largest absolute Gasteiger partial charge is 0.469 e. The van der Waals surface area contributed by atoms with Crippen molar-refractivity contribution in [3.8, 4) is 0 Å². The van der Waals surface area contributed by atoms with Crippen molar-refractivity contribution in [1.29, 1.82) is 0 Å². The minimum atomic E-state index is -1.40. The number of anilines is 1. The zero-order valence-corrected chi connectivity index (χ0v) is 18.1. The summed E-state index contributed by atoms with van der Waals surface area (Å²) >= 11 is 4.70. The number of amides is 2. The van der Waals surface area contributed by atoms with Crippen LogP contribution in [0.15, 0.2) is 71.7 Å². The van der Waals surface area contributed by atoms with E-state index < -0.39 is 35.3 Å². The van der Waals surface area contributed by atoms with Crippen LogP contribution < -0.4 is 4.90 Å². The van der Waals surface area contributed by atoms with Crippen LogP contribution in [0.5, 0.6) is 0 Å². The molecular formula is C24H20N2O5S. The first-order valence-corrected chi connectivity index (χ1v) is 10.4. The highest BCUT2D eigenvalue weighted by atomic mass is 32.1. The molecule has 2 aromatic carbocycles. The SMILES string of the molecule is COC(=O)[C@@H]1C[C@@H](N=C=S)C=C[C@@]12C(=O)N(C(=O)OCc1ccccc1)c1ccccc12. The first-order chi connectivity index (χ1) is 15.5. The number of isothiocyanates is 1. The van der Waals surface area contributed by atoms with Crippen molar-refractivity contribution in [2.24, 2.45) is 10.9 Å². The molecule has 32 heavy (non-hydrogen) atoms. The van der Waals surface area contributed by atoms with Crippen molar-refractivity contribution in [2.75, 3.05) is 12.0 Å². The second kappa shape index (κ2) is 8.86. The summed E-state index contributed by atoms with van der Waals surface area (Å²) in [7, 11) is 1.27. The highest BCUT2D eigenvalue weighted by Gasteiger charge is 2.60. The third-order valence-electron chi connectivity index (χ3n) is 5.85. The van der Waals surface area contributed by atoms with Crippen LogP contribution in [0.2, 0.25) is 0 Å². The van der Waals surface area contributed by atoms with Crippen LogP contribution >= 0.6 is 12.2 Å². The van der Waals surface area contributed by atoms with Crippen LogP contribution in [0.4, 0.5) is 10.5 Å². The van der Waals surface area contributed by atoms with Gasteiger partial charge in [-0.15, -0.1) is 0 Å². The third-order valence-corrected chi connectivity index (χ3v) is 5.95. The second-order valence-electron chi connectivity index (χ2n) is 7.53. The number of nitrogens with zero attached hydrogens (tertiary/aromatic N) is 2. The fourth-order valence-electron chi connectivity index (χ4n) is 4.36. The fourth-order valence-corrected chi connectivity index (χ4v) is 4.50. The lowest BCUT2D eigenvalue weighted by molar-refractivity contribution is -0.150. The molecule has 1 aliphatic heterocycles. The van der Waals surface area contributed by atoms with E-state index in [0.717, 1.165) is 10.5 Å². The summed E-state index contributed by atoms with van der Waals surface area (Å²) in [5.74, 6) is -2.02. The van der Waals surface area contributed by atoms with E-state index in [1.807, 2.05) is 30.3 Å². The molecule has 0 saturated heterocycles. The number of esters is 1. The number of methoxy groups -OCH3 is 1. The van der Waals surface area contributed by atoms with Crippen LogP contribution in [0.25, 0.3) is 0 Å². The second-order valence-corrected chi connectivity index (χ2v) is 7.71. The van der Waals surface area contributed by atoms with Crippen molar-refractivity contribution in [3.05, 3.63) is 77.9 Å². The number of para-hydroxylation sites is 1. The molecule has 2 aliphatic rings. The lowest BCUT2D eigenvalue weighted by atomic mass is 9.65. The van der Waals surface area contributed by atoms with Gasteiger partial charge in [-0.2, -0.15) is 0 Å². The number of ether oxygens (including phenoxy) is 2. The van der Waals surface area contributed by atoms with Crippen molar-refractivity contribution in [1.82, 2.24) is 0 Å². The van der Waals surface area contributed by atoms with Crippen molar-refractivity contribution in [2.45, 2.75) is 24.5 Å². The molecule has 0 fully saturated rings. The predicted octanol–water partition coefficient (Wildman–Crippen LogP) is 3.83. The Hall–Kier alpha value is -3.61. The van der Waals surface area contributed by atoms with Crippen molar-refractivity contribution < 1.29 is 23.9 Å². The number of benzene rings is 2. The van der Waals surface area contributed by atoms with Gasteiger partial charge < -0.3 is 9.47 Å². The van der Waals surface area contributed by atoms with Gasteiger partial charge in [-0.1, -0.05) is 60.7 Å². The van der Waals surface area contributed by atoms with Crippen molar-refractivity contribution in [3.63, 3.8) is 0 Å². The van der Waals surface area contributed by atoms with Gasteiger partial charge in [0.2, 0.25) is 0 Å². The summed E-state index contributed by atoms with van der Waals surface area (Å²) < 4.78 is 10.5. The minimum absolute atomic E-state index is 0.0142. The third kappa shape index (κ3) is 3.53. The monoisotopic (exact) mass is 448 g/mol. The molecule has 8 heteroatoms. The molecule has 0 N–H and O–H groups in total. The molecular weight excluding hydrogens is 428 g/mol. The zero-order chi connectivity index (χ0) is 22.7. The van der Waals surface area contributed by atoms with E-state index in [9.17, 15) is 14.4 Å². The maximum Gasteiger partial charge on any atom is 0.421 e. The Labute approximate surface area is 190 Å². The Kier molecular flexibility index (Phi) is 5.99. The van der Waals surface area contributed by atoms with Crippen LogP contribution in [0.3, 0.4) is 0 Å². The number of rotatable bonds is 4. The van der Waals surface area contributed by atoms with Crippen LogP contribution in [0.1, 0.15) is 17.5 Å². The summed E-state index contributed by atoms with van der Waals surface area (Å²) in [4.78, 5) is 44.7. The molecule has 3 atom stereocenters. The highest BCUT2D eigenvalue weighted by Crippen LogP contribution is 2.51. The quantitative estimate of drug-likeness (QED) is 0.306. The molecule has 1 heterocycles. The number of aliphatic imine (C=N–C) groups is 1. The maximum absolute atomic E-state index is 13.8. The highest BCUT2D eigenvalue weighted by molar-refractivity contribution is 7.78. The molecule has 0 aromatic heterocycles. The summed E-state index contributed by atoms with van der Waals surface area (Å²) in [5, 5.41) is 2.32. The summed E-state index contributed by atoms with van der Waals surface area (Å²) in [5.41, 5.74) is 0.313. The maximum atomic E-state index is 13.8. The fraction of sp³-hybridized carbons (Fsp3) is 0.250. The van der Waals surface area contributed by atoms with Gasteiger partial charge in [0.15, 0.2) is 0 Å². The van der Waals surface area contributed by atoms with E-state index in [0.29, 0.717) is 11.3 Å². The molecule has 0 saturated carbocycles. The lowest BCUT2D eigenvalue weighted by Gasteiger charge is -2.36. The van der Waals surface area contributed by atoms with Gasteiger partial charge in [0, 0.05) is 0 Å². The van der Waals surface area contributed by atoms with Gasteiger partial charge >= 0.3 is 12.1 Å². The first kappa shape index (κ1) is 21.6. The normalized spacial score (nSPS) is 23.4. The molecule has 2 amide bonds. The summed E-state index contributed by atoms with van der Waals surface area (Å²) in [6.45, 7) is 0.0142. The van der Waals surface area contributed by atoms with Gasteiger partial charge in [-0.05, 0) is 35.8 Å². The molecule has 162 valence electrons. The van der Waals surface area contributed by atoms with Gasteiger partial charge in [-0.25, -0.2) is 14.7 Å². The lowest BCUT2D eigenvalue weighted by Crippen LogP contribution is -2.51. The molecule has 1 aliphatic carbocycles. The van der Waals surface area contributed by atoms with E-state index in [1.165, 1.54) is 7.11 Å². The topological polar surface area (TPSA) is 85.3 Å². The molecule has 4 rings (SSSR count). The number of carbonyl (C=O) groups excluding carboxylic acids is 3. The Morgan fingerprint density at radius 2 is 1.91 bits per heavy atom. The van der Waals surface area contributed by atoms with E-state index in [4.69, 9.17) is 21.7 Å². The molecule has 1 spiro atoms. The first-order valence-electron chi connectivity index (χ1n) is 10.0. The number of hydrogen-bond donors (Lipinski definition) is 0. The van der Waals surface area contributed by atoms with Crippen molar-refractivity contribution >= 4 is 41.0 Å². The Bertz CT molecular complexity index is 1140. The van der Waals surface area contributed by atoms with Crippen LogP contribution in [-0.4, -0.2) is 36.3 Å². The van der Waals surface area contributed by atoms with E-state index in [1.54, 1.807) is 36.4 Å². The number of hydrogen-bond acceptors (Lipinski definition) is 7. The number of fused-ring (bicyclic) bond motifs is 2. The molecule has 0 unspecified atom stereocenters. The van der Waals surface area contributed by atoms with E-state index >= 15 is 0 Å². The standard InChI is InChI=1S/C24H20N2O5S/c1-30-21(27)19-13-17(25-15-32)11-12-24(19)18-9-5-6-10-20(18)26(22(24)28)23(29)31-14-16-7-3-2-4-8-16/h2-12,17,19H,13-14H2,1H3/t17-,19-,24-/m0/s1. The zero-order valence-electron chi connectivity index (χ0n) is 17.3. The van der Waals surface area contributed by atoms with Gasteiger partial charge in [0.05, 0.1) is 29.9 Å². The number of thiocarbonyl (C=S) groups is 1. The van der Waals surface area contributed by atoms with E-state index in [-0.39, 0.29) is 13.0 Å². The summed E-state index contributed by atoms with van der Waals surface area (Å²) in [6.07, 6.45) is 2.73. The Balaban J connectivity index is 1.74. The van der Waals surface area contributed by atoms with Crippen LogP contribution in [0, 0.1) is 5.92 Å².